The minimum Gasteiger partial charge on any atom is -0.309 e. The van der Waals surface area contributed by atoms with Gasteiger partial charge in [0.05, 0.1) is 11.7 Å². The van der Waals surface area contributed by atoms with Gasteiger partial charge in [0.2, 0.25) is 0 Å². The van der Waals surface area contributed by atoms with E-state index in [1.165, 1.54) is 52.4 Å². The molecule has 0 aliphatic heterocycles. The normalized spacial score (nSPS) is 17.8. The Bertz CT molecular complexity index is 636. The third-order valence-corrected chi connectivity index (χ3v) is 5.67. The van der Waals surface area contributed by atoms with Crippen molar-refractivity contribution in [3.8, 4) is 10.6 Å². The van der Waals surface area contributed by atoms with Crippen LogP contribution in [0.15, 0.2) is 22.7 Å². The fourth-order valence-electron chi connectivity index (χ4n) is 2.92. The monoisotopic (exact) mass is 364 g/mol. The van der Waals surface area contributed by atoms with Crippen LogP contribution in [-0.2, 0) is 6.42 Å². The first-order chi connectivity index (χ1) is 10.2. The van der Waals surface area contributed by atoms with Crippen LogP contribution in [0.25, 0.3) is 10.6 Å². The number of rotatable bonds is 4. The van der Waals surface area contributed by atoms with Crippen molar-refractivity contribution in [2.24, 2.45) is 0 Å². The lowest BCUT2D eigenvalue weighted by molar-refractivity contribution is 0.454. The van der Waals surface area contributed by atoms with Crippen LogP contribution in [0.2, 0.25) is 0 Å². The van der Waals surface area contributed by atoms with Crippen molar-refractivity contribution < 1.29 is 0 Å². The Morgan fingerprint density at radius 2 is 2.29 bits per heavy atom. The van der Waals surface area contributed by atoms with Gasteiger partial charge in [-0.25, -0.2) is 4.98 Å². The topological polar surface area (TPSA) is 24.9 Å². The first kappa shape index (κ1) is 15.2. The summed E-state index contributed by atoms with van der Waals surface area (Å²) in [5.74, 6) is 0. The molecule has 4 heteroatoms. The molecule has 112 valence electrons. The van der Waals surface area contributed by atoms with Gasteiger partial charge in [0, 0.05) is 14.9 Å². The van der Waals surface area contributed by atoms with E-state index in [-0.39, 0.29) is 0 Å². The van der Waals surface area contributed by atoms with Crippen LogP contribution in [0.3, 0.4) is 0 Å². The average Bonchev–Trinajstić information content (AvgIpc) is 2.89. The van der Waals surface area contributed by atoms with Gasteiger partial charge in [-0.2, -0.15) is 0 Å². The number of nitrogens with zero attached hydrogens (tertiary/aromatic N) is 1. The number of benzene rings is 1. The molecule has 1 aliphatic carbocycles. The van der Waals surface area contributed by atoms with E-state index in [9.17, 15) is 0 Å². The van der Waals surface area contributed by atoms with Gasteiger partial charge in [-0.15, -0.1) is 11.3 Å². The van der Waals surface area contributed by atoms with Crippen LogP contribution >= 0.6 is 27.3 Å². The van der Waals surface area contributed by atoms with Crippen molar-refractivity contribution in [1.29, 1.82) is 0 Å². The van der Waals surface area contributed by atoms with Gasteiger partial charge in [0.25, 0.3) is 0 Å². The zero-order valence-electron chi connectivity index (χ0n) is 12.6. The molecule has 1 atom stereocenters. The highest BCUT2D eigenvalue weighted by atomic mass is 79.9. The molecule has 0 radical (unpaired) electrons. The second-order valence-corrected chi connectivity index (χ2v) is 7.68. The Kier molecular flexibility index (Phi) is 4.77. The van der Waals surface area contributed by atoms with Crippen molar-refractivity contribution in [2.75, 3.05) is 6.54 Å². The van der Waals surface area contributed by atoms with E-state index in [1.807, 2.05) is 11.3 Å². The van der Waals surface area contributed by atoms with Crippen LogP contribution in [0.1, 0.15) is 48.4 Å². The fraction of sp³-hybridized carbons (Fsp3) is 0.471. The second kappa shape index (κ2) is 6.59. The molecular weight excluding hydrogens is 344 g/mol. The lowest BCUT2D eigenvalue weighted by Crippen LogP contribution is -2.25. The number of hydrogen-bond donors (Lipinski definition) is 1. The molecule has 1 aromatic carbocycles. The van der Waals surface area contributed by atoms with Crippen LogP contribution in [0.4, 0.5) is 0 Å². The van der Waals surface area contributed by atoms with Gasteiger partial charge in [-0.3, -0.25) is 0 Å². The lowest BCUT2D eigenvalue weighted by atomic mass is 9.97. The molecule has 1 N–H and O–H groups in total. The Morgan fingerprint density at radius 3 is 3.05 bits per heavy atom. The van der Waals surface area contributed by atoms with Gasteiger partial charge < -0.3 is 5.32 Å². The fourth-order valence-corrected chi connectivity index (χ4v) is 4.65. The Hall–Kier alpha value is -0.710. The molecular formula is C17H21BrN2S. The number of aryl methyl sites for hydroxylation is 2. The van der Waals surface area contributed by atoms with E-state index in [4.69, 9.17) is 4.98 Å². The van der Waals surface area contributed by atoms with E-state index >= 15 is 0 Å². The molecule has 0 saturated carbocycles. The van der Waals surface area contributed by atoms with Gasteiger partial charge >= 0.3 is 0 Å². The van der Waals surface area contributed by atoms with Gasteiger partial charge in [0.1, 0.15) is 5.01 Å². The first-order valence-corrected chi connectivity index (χ1v) is 9.29. The Balaban J connectivity index is 1.94. The third-order valence-electron chi connectivity index (χ3n) is 4.01. The molecule has 0 bridgehead atoms. The number of nitrogens with one attached hydrogen (secondary N) is 1. The summed E-state index contributed by atoms with van der Waals surface area (Å²) in [5, 5.41) is 4.83. The van der Waals surface area contributed by atoms with E-state index in [0.717, 1.165) is 11.0 Å². The van der Waals surface area contributed by atoms with Crippen LogP contribution in [0.5, 0.6) is 0 Å². The van der Waals surface area contributed by atoms with Crippen molar-refractivity contribution >= 4 is 27.3 Å². The minimum absolute atomic E-state index is 0.453. The maximum absolute atomic E-state index is 4.99. The number of halogens is 1. The summed E-state index contributed by atoms with van der Waals surface area (Å²) < 4.78 is 1.13. The second-order valence-electron chi connectivity index (χ2n) is 5.69. The number of thiazole rings is 1. The maximum Gasteiger partial charge on any atom is 0.124 e. The smallest absolute Gasteiger partial charge is 0.124 e. The minimum atomic E-state index is 0.453. The SMILES string of the molecule is CCCNC1CCCc2sc(-c3ccc(Br)cc3C)nc21. The van der Waals surface area contributed by atoms with Crippen molar-refractivity contribution in [3.05, 3.63) is 38.8 Å². The molecule has 1 aromatic heterocycles. The highest BCUT2D eigenvalue weighted by Crippen LogP contribution is 2.38. The summed E-state index contributed by atoms with van der Waals surface area (Å²) in [4.78, 5) is 6.47. The first-order valence-electron chi connectivity index (χ1n) is 7.68. The number of fused-ring (bicyclic) bond motifs is 1. The van der Waals surface area contributed by atoms with E-state index in [1.54, 1.807) is 0 Å². The highest BCUT2D eigenvalue weighted by Gasteiger charge is 2.24. The summed E-state index contributed by atoms with van der Waals surface area (Å²) in [6.07, 6.45) is 4.85. The molecule has 1 unspecified atom stereocenters. The average molecular weight is 365 g/mol. The predicted molar refractivity (Wildman–Crippen MR) is 94.0 cm³/mol. The Morgan fingerprint density at radius 1 is 1.43 bits per heavy atom. The van der Waals surface area contributed by atoms with E-state index < -0.39 is 0 Å². The Labute approximate surface area is 139 Å². The summed E-state index contributed by atoms with van der Waals surface area (Å²) in [7, 11) is 0. The molecule has 21 heavy (non-hydrogen) atoms. The van der Waals surface area contributed by atoms with Crippen molar-refractivity contribution in [3.63, 3.8) is 0 Å². The standard InChI is InChI=1S/C17H21BrN2S/c1-3-9-19-14-5-4-6-15-16(14)20-17(21-15)13-8-7-12(18)10-11(13)2/h7-8,10,14,19H,3-6,9H2,1-2H3. The van der Waals surface area contributed by atoms with Crippen molar-refractivity contribution in [2.45, 2.75) is 45.6 Å². The lowest BCUT2D eigenvalue weighted by Gasteiger charge is -2.22. The molecule has 0 spiro atoms. The van der Waals surface area contributed by atoms with Gasteiger partial charge in [-0.1, -0.05) is 28.9 Å². The summed E-state index contributed by atoms with van der Waals surface area (Å²) in [6, 6.07) is 6.91. The van der Waals surface area contributed by atoms with Gasteiger partial charge in [0.15, 0.2) is 0 Å². The molecule has 1 heterocycles. The maximum atomic E-state index is 4.99. The number of hydrogen-bond acceptors (Lipinski definition) is 3. The quantitative estimate of drug-likeness (QED) is 0.800. The number of aromatic nitrogens is 1. The zero-order valence-corrected chi connectivity index (χ0v) is 15.0. The van der Waals surface area contributed by atoms with Crippen LogP contribution in [0, 0.1) is 6.92 Å². The highest BCUT2D eigenvalue weighted by molar-refractivity contribution is 9.10. The zero-order chi connectivity index (χ0) is 14.8. The summed E-state index contributed by atoms with van der Waals surface area (Å²) in [6.45, 7) is 5.45. The van der Waals surface area contributed by atoms with E-state index in [0.29, 0.717) is 6.04 Å². The molecule has 2 nitrogen and oxygen atoms in total. The van der Waals surface area contributed by atoms with Crippen LogP contribution < -0.4 is 5.32 Å². The summed E-state index contributed by atoms with van der Waals surface area (Å²) in [5.41, 5.74) is 3.86. The largest absolute Gasteiger partial charge is 0.309 e. The molecule has 0 fully saturated rings. The summed E-state index contributed by atoms with van der Waals surface area (Å²) >= 11 is 5.42. The van der Waals surface area contributed by atoms with Crippen molar-refractivity contribution in [1.82, 2.24) is 10.3 Å². The molecule has 2 aromatic rings. The molecule has 3 rings (SSSR count). The molecule has 0 amide bonds. The van der Waals surface area contributed by atoms with Gasteiger partial charge in [-0.05, 0) is 56.8 Å². The predicted octanol–water partition coefficient (Wildman–Crippen LogP) is 5.26. The van der Waals surface area contributed by atoms with E-state index in [2.05, 4.69) is 53.3 Å². The molecule has 1 aliphatic rings. The van der Waals surface area contributed by atoms with Crippen LogP contribution in [-0.4, -0.2) is 11.5 Å². The third kappa shape index (κ3) is 3.22. The molecule has 0 saturated heterocycles.